The number of rotatable bonds is 4. The van der Waals surface area contributed by atoms with Crippen LogP contribution in [0.15, 0.2) is 18.2 Å². The van der Waals surface area contributed by atoms with E-state index < -0.39 is 0 Å². The zero-order chi connectivity index (χ0) is 17.0. The van der Waals surface area contributed by atoms with Crippen LogP contribution in [-0.4, -0.2) is 47.1 Å². The van der Waals surface area contributed by atoms with E-state index in [1.807, 2.05) is 0 Å². The lowest BCUT2D eigenvalue weighted by Crippen LogP contribution is -2.48. The molecule has 1 heterocycles. The summed E-state index contributed by atoms with van der Waals surface area (Å²) < 4.78 is 0. The second-order valence-corrected chi connectivity index (χ2v) is 7.26. The summed E-state index contributed by atoms with van der Waals surface area (Å²) in [6.07, 6.45) is 3.59. The lowest BCUT2D eigenvalue weighted by molar-refractivity contribution is 0.126. The Morgan fingerprint density at radius 2 is 1.96 bits per heavy atom. The summed E-state index contributed by atoms with van der Waals surface area (Å²) in [6.45, 7) is 10.9. The number of anilines is 1. The minimum atomic E-state index is 0.659. The molecule has 128 valence electrons. The Bertz CT molecular complexity index is 535. The highest BCUT2D eigenvalue weighted by Gasteiger charge is 2.25. The predicted molar refractivity (Wildman–Crippen MR) is 104 cm³/mol. The molecule has 4 heteroatoms. The Hall–Kier alpha value is -1.13. The Morgan fingerprint density at radius 3 is 2.52 bits per heavy atom. The Morgan fingerprint density at radius 1 is 1.30 bits per heavy atom. The van der Waals surface area contributed by atoms with Crippen molar-refractivity contribution in [3.63, 3.8) is 0 Å². The maximum Gasteiger partial charge on any atom is 0.173 e. The molecule has 1 atom stereocenters. The van der Waals surface area contributed by atoms with Crippen molar-refractivity contribution in [2.75, 3.05) is 25.5 Å². The first-order valence-corrected chi connectivity index (χ1v) is 9.18. The van der Waals surface area contributed by atoms with Crippen LogP contribution >= 0.6 is 12.2 Å². The molecule has 0 saturated carbocycles. The molecule has 1 aromatic carbocycles. The van der Waals surface area contributed by atoms with E-state index in [1.54, 1.807) is 0 Å². The number of nitrogens with one attached hydrogen (secondary N) is 1. The number of likely N-dealkylation sites (tertiary alicyclic amines) is 1. The molecule has 0 aliphatic carbocycles. The zero-order valence-electron chi connectivity index (χ0n) is 15.2. The quantitative estimate of drug-likeness (QED) is 0.832. The fourth-order valence-electron chi connectivity index (χ4n) is 3.15. The Balaban J connectivity index is 1.87. The molecular formula is C19H31N3S. The largest absolute Gasteiger partial charge is 0.349 e. The van der Waals surface area contributed by atoms with Gasteiger partial charge in [-0.3, -0.25) is 0 Å². The molecule has 23 heavy (non-hydrogen) atoms. The van der Waals surface area contributed by atoms with Crippen molar-refractivity contribution >= 4 is 23.0 Å². The van der Waals surface area contributed by atoms with E-state index in [9.17, 15) is 0 Å². The molecule has 1 saturated heterocycles. The first kappa shape index (κ1) is 18.2. The summed E-state index contributed by atoms with van der Waals surface area (Å²) in [4.78, 5) is 4.85. The summed E-state index contributed by atoms with van der Waals surface area (Å²) in [7, 11) is 2.26. The maximum absolute atomic E-state index is 5.61. The highest BCUT2D eigenvalue weighted by atomic mass is 32.1. The molecule has 0 radical (unpaired) electrons. The molecule has 0 spiro atoms. The zero-order valence-corrected chi connectivity index (χ0v) is 16.0. The van der Waals surface area contributed by atoms with Gasteiger partial charge in [-0.15, -0.1) is 0 Å². The van der Waals surface area contributed by atoms with Crippen LogP contribution in [-0.2, 0) is 0 Å². The van der Waals surface area contributed by atoms with Crippen LogP contribution in [0.3, 0.4) is 0 Å². The third kappa shape index (κ3) is 4.67. The van der Waals surface area contributed by atoms with Gasteiger partial charge in [0.05, 0.1) is 0 Å². The van der Waals surface area contributed by atoms with E-state index >= 15 is 0 Å². The first-order valence-electron chi connectivity index (χ1n) is 8.77. The highest BCUT2D eigenvalue weighted by Crippen LogP contribution is 2.20. The number of nitrogens with zero attached hydrogens (tertiary/aromatic N) is 2. The van der Waals surface area contributed by atoms with Gasteiger partial charge in [0.15, 0.2) is 5.11 Å². The molecule has 1 unspecified atom stereocenters. The van der Waals surface area contributed by atoms with Gasteiger partial charge in [0, 0.05) is 30.9 Å². The number of piperidine rings is 1. The van der Waals surface area contributed by atoms with Crippen LogP contribution in [0.2, 0.25) is 0 Å². The van der Waals surface area contributed by atoms with Crippen molar-refractivity contribution in [3.05, 3.63) is 29.3 Å². The third-order valence-corrected chi connectivity index (χ3v) is 5.73. The fraction of sp³-hybridized carbons (Fsp3) is 0.632. The van der Waals surface area contributed by atoms with Crippen LogP contribution in [0.1, 0.15) is 44.2 Å². The number of benzene rings is 1. The van der Waals surface area contributed by atoms with E-state index in [4.69, 9.17) is 12.2 Å². The van der Waals surface area contributed by atoms with Crippen LogP contribution in [0.5, 0.6) is 0 Å². The van der Waals surface area contributed by atoms with Crippen LogP contribution in [0.25, 0.3) is 0 Å². The van der Waals surface area contributed by atoms with E-state index in [0.717, 1.165) is 23.9 Å². The van der Waals surface area contributed by atoms with E-state index in [2.05, 4.69) is 68.1 Å². The van der Waals surface area contributed by atoms with E-state index in [-0.39, 0.29) is 0 Å². The summed E-state index contributed by atoms with van der Waals surface area (Å²) in [5, 5.41) is 4.26. The molecule has 3 nitrogen and oxygen atoms in total. The fourth-order valence-corrected chi connectivity index (χ4v) is 3.45. The van der Waals surface area contributed by atoms with Gasteiger partial charge in [-0.1, -0.05) is 13.0 Å². The van der Waals surface area contributed by atoms with Gasteiger partial charge in [-0.2, -0.15) is 0 Å². The minimum absolute atomic E-state index is 0.659. The normalized spacial score (nSPS) is 17.4. The minimum Gasteiger partial charge on any atom is -0.349 e. The van der Waals surface area contributed by atoms with Gasteiger partial charge in [0.25, 0.3) is 0 Å². The van der Waals surface area contributed by atoms with Crippen molar-refractivity contribution in [2.45, 2.75) is 59.0 Å². The molecule has 1 N–H and O–H groups in total. The summed E-state index contributed by atoms with van der Waals surface area (Å²) in [5.74, 6) is 0. The van der Waals surface area contributed by atoms with Gasteiger partial charge in [-0.05, 0) is 82.6 Å². The van der Waals surface area contributed by atoms with Crippen molar-refractivity contribution in [1.82, 2.24) is 9.80 Å². The highest BCUT2D eigenvalue weighted by molar-refractivity contribution is 7.80. The lowest BCUT2D eigenvalue weighted by atomic mass is 10.0. The smallest absolute Gasteiger partial charge is 0.173 e. The standard InChI is InChI=1S/C19H31N3S/c1-6-16(4)21(5)18-9-11-22(12-10-18)19(23)20-17-8-7-14(2)15(3)13-17/h7-8,13,16,18H,6,9-12H2,1-5H3,(H,20,23). The molecule has 0 amide bonds. The monoisotopic (exact) mass is 333 g/mol. The average Bonchev–Trinajstić information content (AvgIpc) is 2.57. The van der Waals surface area contributed by atoms with Crippen LogP contribution in [0.4, 0.5) is 5.69 Å². The molecule has 2 rings (SSSR count). The van der Waals surface area contributed by atoms with E-state index in [0.29, 0.717) is 12.1 Å². The number of hydrogen-bond donors (Lipinski definition) is 1. The third-order valence-electron chi connectivity index (χ3n) is 5.37. The lowest BCUT2D eigenvalue weighted by Gasteiger charge is -2.40. The molecular weight excluding hydrogens is 302 g/mol. The predicted octanol–water partition coefficient (Wildman–Crippen LogP) is 4.19. The maximum atomic E-state index is 5.61. The molecule has 1 aliphatic heterocycles. The van der Waals surface area contributed by atoms with Crippen molar-refractivity contribution in [1.29, 1.82) is 0 Å². The second-order valence-electron chi connectivity index (χ2n) is 6.87. The Kier molecular flexibility index (Phi) is 6.42. The Labute approximate surface area is 147 Å². The molecule has 1 aromatic rings. The van der Waals surface area contributed by atoms with Crippen molar-refractivity contribution in [2.24, 2.45) is 0 Å². The van der Waals surface area contributed by atoms with Gasteiger partial charge >= 0.3 is 0 Å². The molecule has 0 aromatic heterocycles. The summed E-state index contributed by atoms with van der Waals surface area (Å²) in [5.41, 5.74) is 3.71. The van der Waals surface area contributed by atoms with Crippen LogP contribution < -0.4 is 5.32 Å². The second kappa shape index (κ2) is 8.11. The number of aryl methyl sites for hydroxylation is 2. The first-order chi connectivity index (χ1) is 10.9. The SMILES string of the molecule is CCC(C)N(C)C1CCN(C(=S)Nc2ccc(C)c(C)c2)CC1. The molecule has 0 bridgehead atoms. The van der Waals surface area contributed by atoms with Crippen molar-refractivity contribution in [3.8, 4) is 0 Å². The van der Waals surface area contributed by atoms with E-state index in [1.165, 1.54) is 30.4 Å². The van der Waals surface area contributed by atoms with Crippen LogP contribution in [0, 0.1) is 13.8 Å². The average molecular weight is 334 g/mol. The number of hydrogen-bond acceptors (Lipinski definition) is 2. The van der Waals surface area contributed by atoms with Gasteiger partial charge < -0.3 is 15.1 Å². The number of thiocarbonyl (C=S) groups is 1. The van der Waals surface area contributed by atoms with Gasteiger partial charge in [-0.25, -0.2) is 0 Å². The summed E-state index contributed by atoms with van der Waals surface area (Å²) >= 11 is 5.61. The molecule has 1 fully saturated rings. The van der Waals surface area contributed by atoms with Crippen molar-refractivity contribution < 1.29 is 0 Å². The molecule has 1 aliphatic rings. The van der Waals surface area contributed by atoms with Gasteiger partial charge in [0.2, 0.25) is 0 Å². The van der Waals surface area contributed by atoms with Gasteiger partial charge in [0.1, 0.15) is 0 Å². The summed E-state index contributed by atoms with van der Waals surface area (Å²) in [6, 6.07) is 7.77. The topological polar surface area (TPSA) is 18.5 Å².